The van der Waals surface area contributed by atoms with Gasteiger partial charge in [-0.25, -0.2) is 4.52 Å². The fourth-order valence-corrected chi connectivity index (χ4v) is 3.10. The van der Waals surface area contributed by atoms with Crippen molar-refractivity contribution < 1.29 is 9.53 Å². The summed E-state index contributed by atoms with van der Waals surface area (Å²) in [6, 6.07) is 5.62. The van der Waals surface area contributed by atoms with Gasteiger partial charge in [0.15, 0.2) is 0 Å². The van der Waals surface area contributed by atoms with Crippen molar-refractivity contribution in [2.45, 2.75) is 38.8 Å². The van der Waals surface area contributed by atoms with Crippen LogP contribution in [0.2, 0.25) is 0 Å². The first-order valence-electron chi connectivity index (χ1n) is 7.17. The van der Waals surface area contributed by atoms with Crippen LogP contribution >= 0.6 is 0 Å². The van der Waals surface area contributed by atoms with E-state index >= 15 is 0 Å². The van der Waals surface area contributed by atoms with E-state index in [4.69, 9.17) is 4.74 Å². The van der Waals surface area contributed by atoms with Crippen molar-refractivity contribution in [2.75, 3.05) is 7.11 Å². The lowest BCUT2D eigenvalue weighted by atomic mass is 9.56. The normalized spacial score (nSPS) is 27.3. The second-order valence-electron chi connectivity index (χ2n) is 6.47. The molecule has 5 nitrogen and oxygen atoms in total. The monoisotopic (exact) mass is 287 g/mol. The molecule has 21 heavy (non-hydrogen) atoms. The molecule has 0 spiro atoms. The first-order valence-corrected chi connectivity index (χ1v) is 7.17. The highest BCUT2D eigenvalue weighted by Gasteiger charge is 2.58. The van der Waals surface area contributed by atoms with Crippen molar-refractivity contribution in [3.63, 3.8) is 0 Å². The molecule has 0 saturated heterocycles. The van der Waals surface area contributed by atoms with E-state index in [2.05, 4.69) is 31.2 Å². The fraction of sp³-hybridized carbons (Fsp3) is 0.500. The van der Waals surface area contributed by atoms with Crippen LogP contribution < -0.4 is 5.32 Å². The average Bonchev–Trinajstić information content (AvgIpc) is 2.94. The van der Waals surface area contributed by atoms with Crippen LogP contribution in [0.1, 0.15) is 37.6 Å². The first kappa shape index (κ1) is 14.1. The van der Waals surface area contributed by atoms with Crippen LogP contribution in [-0.2, 0) is 4.74 Å². The van der Waals surface area contributed by atoms with Gasteiger partial charge in [0.05, 0.1) is 22.9 Å². The molecule has 2 atom stereocenters. The van der Waals surface area contributed by atoms with E-state index in [9.17, 15) is 4.79 Å². The van der Waals surface area contributed by atoms with Crippen LogP contribution in [-0.4, -0.2) is 34.3 Å². The Morgan fingerprint density at radius 1 is 1.43 bits per heavy atom. The third-order valence-electron chi connectivity index (χ3n) is 5.26. The van der Waals surface area contributed by atoms with E-state index in [1.807, 2.05) is 24.4 Å². The molecule has 1 fully saturated rings. The van der Waals surface area contributed by atoms with Gasteiger partial charge < -0.3 is 10.1 Å². The molecule has 1 N–H and O–H groups in total. The minimum absolute atomic E-state index is 0.0580. The number of nitrogens with one attached hydrogen (secondary N) is 1. The molecule has 2 aromatic heterocycles. The Bertz CT molecular complexity index is 692. The average molecular weight is 287 g/mol. The number of aromatic nitrogens is 2. The number of methoxy groups -OCH3 is 1. The Morgan fingerprint density at radius 2 is 2.19 bits per heavy atom. The minimum atomic E-state index is -0.187. The molecule has 1 aliphatic carbocycles. The molecule has 0 aromatic carbocycles. The van der Waals surface area contributed by atoms with Gasteiger partial charge in [-0.15, -0.1) is 0 Å². The molecular weight excluding hydrogens is 266 g/mol. The molecule has 3 rings (SSSR count). The van der Waals surface area contributed by atoms with E-state index < -0.39 is 0 Å². The standard InChI is InChI=1S/C16H21N3O2/c1-15(2)13(10-16(15,3)21-4)18-14(20)11-6-5-9-19-12(11)7-8-17-19/h5-9,13H,10H2,1-4H3,(H,18,20). The summed E-state index contributed by atoms with van der Waals surface area (Å²) >= 11 is 0. The summed E-state index contributed by atoms with van der Waals surface area (Å²) in [5.74, 6) is -0.0580. The van der Waals surface area contributed by atoms with Crippen LogP contribution in [0.5, 0.6) is 0 Å². The maximum Gasteiger partial charge on any atom is 0.253 e. The molecule has 0 bridgehead atoms. The Kier molecular flexibility index (Phi) is 3.06. The minimum Gasteiger partial charge on any atom is -0.378 e. The number of carbonyl (C=O) groups is 1. The van der Waals surface area contributed by atoms with Gasteiger partial charge >= 0.3 is 0 Å². The number of carbonyl (C=O) groups excluding carboxylic acids is 1. The molecule has 2 aromatic rings. The van der Waals surface area contributed by atoms with Crippen molar-refractivity contribution in [3.05, 3.63) is 36.2 Å². The van der Waals surface area contributed by atoms with Crippen molar-refractivity contribution in [1.82, 2.24) is 14.9 Å². The zero-order chi connectivity index (χ0) is 15.3. The third-order valence-corrected chi connectivity index (χ3v) is 5.26. The van der Waals surface area contributed by atoms with Crippen molar-refractivity contribution in [2.24, 2.45) is 5.41 Å². The Morgan fingerprint density at radius 3 is 2.86 bits per heavy atom. The van der Waals surface area contributed by atoms with E-state index in [-0.39, 0.29) is 23.0 Å². The van der Waals surface area contributed by atoms with Crippen LogP contribution in [0.3, 0.4) is 0 Å². The first-order chi connectivity index (χ1) is 9.89. The summed E-state index contributed by atoms with van der Waals surface area (Å²) in [6.45, 7) is 6.35. The lowest BCUT2D eigenvalue weighted by Gasteiger charge is -2.59. The van der Waals surface area contributed by atoms with Crippen LogP contribution in [0.15, 0.2) is 30.6 Å². The number of pyridine rings is 1. The number of hydrogen-bond acceptors (Lipinski definition) is 3. The number of fused-ring (bicyclic) bond motifs is 1. The zero-order valence-electron chi connectivity index (χ0n) is 12.9. The summed E-state index contributed by atoms with van der Waals surface area (Å²) in [5, 5.41) is 7.29. The highest BCUT2D eigenvalue weighted by atomic mass is 16.5. The molecule has 0 aliphatic heterocycles. The SMILES string of the molecule is COC1(C)CC(NC(=O)c2cccn3nccc23)C1(C)C. The Hall–Kier alpha value is -1.88. The van der Waals surface area contributed by atoms with Gasteiger partial charge in [-0.2, -0.15) is 5.10 Å². The van der Waals surface area contributed by atoms with Crippen LogP contribution in [0.25, 0.3) is 5.52 Å². The van der Waals surface area contributed by atoms with Gasteiger partial charge in [0.1, 0.15) is 0 Å². The Balaban J connectivity index is 1.81. The number of amides is 1. The second-order valence-corrected chi connectivity index (χ2v) is 6.47. The van der Waals surface area contributed by atoms with E-state index in [1.54, 1.807) is 17.8 Å². The van der Waals surface area contributed by atoms with E-state index in [0.29, 0.717) is 5.56 Å². The van der Waals surface area contributed by atoms with Gasteiger partial charge in [-0.3, -0.25) is 4.79 Å². The molecule has 1 amide bonds. The summed E-state index contributed by atoms with van der Waals surface area (Å²) in [4.78, 5) is 12.6. The molecule has 5 heteroatoms. The topological polar surface area (TPSA) is 55.6 Å². The van der Waals surface area contributed by atoms with E-state index in [0.717, 1.165) is 11.9 Å². The van der Waals surface area contributed by atoms with Gasteiger partial charge in [0.2, 0.25) is 0 Å². The zero-order valence-corrected chi connectivity index (χ0v) is 12.9. The van der Waals surface area contributed by atoms with Crippen molar-refractivity contribution >= 4 is 11.4 Å². The largest absolute Gasteiger partial charge is 0.378 e. The van der Waals surface area contributed by atoms with Gasteiger partial charge in [0.25, 0.3) is 5.91 Å². The number of hydrogen-bond donors (Lipinski definition) is 1. The molecule has 2 heterocycles. The maximum atomic E-state index is 12.6. The third kappa shape index (κ3) is 1.95. The summed E-state index contributed by atoms with van der Waals surface area (Å²) < 4.78 is 7.31. The Labute approximate surface area is 124 Å². The number of ether oxygens (including phenoxy) is 1. The molecule has 112 valence electrons. The summed E-state index contributed by atoms with van der Waals surface area (Å²) in [6.07, 6.45) is 4.35. The predicted molar refractivity (Wildman–Crippen MR) is 80.3 cm³/mol. The summed E-state index contributed by atoms with van der Waals surface area (Å²) in [5.41, 5.74) is 1.19. The molecular formula is C16H21N3O2. The van der Waals surface area contributed by atoms with E-state index in [1.165, 1.54) is 0 Å². The molecule has 2 unspecified atom stereocenters. The summed E-state index contributed by atoms with van der Waals surface area (Å²) in [7, 11) is 1.73. The van der Waals surface area contributed by atoms with Crippen molar-refractivity contribution in [1.29, 1.82) is 0 Å². The maximum absolute atomic E-state index is 12.6. The highest BCUT2D eigenvalue weighted by Crippen LogP contribution is 2.51. The second kappa shape index (κ2) is 4.56. The highest BCUT2D eigenvalue weighted by molar-refractivity contribution is 6.00. The van der Waals surface area contributed by atoms with Gasteiger partial charge in [-0.1, -0.05) is 13.8 Å². The van der Waals surface area contributed by atoms with Gasteiger partial charge in [0, 0.05) is 24.8 Å². The van der Waals surface area contributed by atoms with Crippen LogP contribution in [0, 0.1) is 5.41 Å². The number of nitrogens with zero attached hydrogens (tertiary/aromatic N) is 2. The fourth-order valence-electron chi connectivity index (χ4n) is 3.10. The molecule has 1 aliphatic rings. The lowest BCUT2D eigenvalue weighted by Crippen LogP contribution is -2.68. The van der Waals surface area contributed by atoms with Crippen LogP contribution in [0.4, 0.5) is 0 Å². The predicted octanol–water partition coefficient (Wildman–Crippen LogP) is 2.27. The molecule has 0 radical (unpaired) electrons. The quantitative estimate of drug-likeness (QED) is 0.942. The smallest absolute Gasteiger partial charge is 0.253 e. The van der Waals surface area contributed by atoms with Crippen molar-refractivity contribution in [3.8, 4) is 0 Å². The molecule has 1 saturated carbocycles. The number of rotatable bonds is 3. The lowest BCUT2D eigenvalue weighted by molar-refractivity contribution is -0.177. The van der Waals surface area contributed by atoms with Gasteiger partial charge in [-0.05, 0) is 31.5 Å².